The predicted octanol–water partition coefficient (Wildman–Crippen LogP) is -0.664. The topological polar surface area (TPSA) is 89.2 Å². The van der Waals surface area contributed by atoms with Crippen LogP contribution in [0.2, 0.25) is 0 Å². The number of nitrogens with one attached hydrogen (secondary N) is 3. The molecular weight excluding hydrogens is 308 g/mol. The highest BCUT2D eigenvalue weighted by Gasteiger charge is 2.17. The van der Waals surface area contributed by atoms with Crippen LogP contribution in [0.5, 0.6) is 0 Å². The van der Waals surface area contributed by atoms with E-state index in [9.17, 15) is 9.59 Å². The zero-order valence-corrected chi connectivity index (χ0v) is 14.9. The first-order valence-electron chi connectivity index (χ1n) is 8.30. The molecule has 0 amide bonds. The third-order valence-electron chi connectivity index (χ3n) is 4.20. The third kappa shape index (κ3) is 3.59. The molecule has 2 rings (SSSR count). The first-order valence-corrected chi connectivity index (χ1v) is 8.30. The highest BCUT2D eigenvalue weighted by molar-refractivity contribution is 5.74. The first kappa shape index (κ1) is 18.0. The van der Waals surface area contributed by atoms with Gasteiger partial charge in [0.1, 0.15) is 0 Å². The number of imidazole rings is 1. The van der Waals surface area contributed by atoms with Gasteiger partial charge in [-0.15, -0.1) is 0 Å². The summed E-state index contributed by atoms with van der Waals surface area (Å²) in [5.74, 6) is 0.589. The molecule has 0 saturated carbocycles. The normalized spacial score (nSPS) is 11.4. The van der Waals surface area contributed by atoms with Gasteiger partial charge in [-0.3, -0.25) is 14.3 Å². The number of fused-ring (bicyclic) bond motifs is 1. The summed E-state index contributed by atoms with van der Waals surface area (Å²) in [6.45, 7) is 14.4. The van der Waals surface area contributed by atoms with E-state index in [4.69, 9.17) is 0 Å². The average molecular weight is 335 g/mol. The van der Waals surface area contributed by atoms with E-state index in [0.717, 1.165) is 31.8 Å². The molecule has 0 aromatic carbocycles. The van der Waals surface area contributed by atoms with Crippen LogP contribution >= 0.6 is 0 Å². The molecule has 0 atom stereocenters. The van der Waals surface area contributed by atoms with Crippen LogP contribution in [-0.2, 0) is 13.6 Å². The van der Waals surface area contributed by atoms with Gasteiger partial charge in [0.25, 0.3) is 5.56 Å². The Balaban J connectivity index is 2.43. The lowest BCUT2D eigenvalue weighted by atomic mass is 10.3. The van der Waals surface area contributed by atoms with E-state index in [2.05, 4.69) is 35.7 Å². The Labute approximate surface area is 140 Å². The smallest absolute Gasteiger partial charge is 0.329 e. The van der Waals surface area contributed by atoms with Gasteiger partial charge in [0, 0.05) is 13.6 Å². The number of hydrogen-bond acceptors (Lipinski definition) is 4. The summed E-state index contributed by atoms with van der Waals surface area (Å²) in [4.78, 5) is 32.3. The molecule has 2 aromatic heterocycles. The Morgan fingerprint density at radius 1 is 1.33 bits per heavy atom. The predicted molar refractivity (Wildman–Crippen MR) is 95.8 cm³/mol. The van der Waals surface area contributed by atoms with Crippen molar-refractivity contribution in [2.75, 3.05) is 31.5 Å². The summed E-state index contributed by atoms with van der Waals surface area (Å²) < 4.78 is 3.14. The summed E-state index contributed by atoms with van der Waals surface area (Å²) in [6.07, 6.45) is 0. The number of hydrogen-bond donors (Lipinski definition) is 3. The minimum atomic E-state index is -0.466. The number of quaternary nitrogens is 1. The molecule has 132 valence electrons. The number of allylic oxidation sites excluding steroid dienone is 1. The maximum absolute atomic E-state index is 12.3. The molecule has 0 radical (unpaired) electrons. The van der Waals surface area contributed by atoms with Gasteiger partial charge in [0.15, 0.2) is 11.2 Å². The summed E-state index contributed by atoms with van der Waals surface area (Å²) in [5.41, 5.74) is 0.774. The summed E-state index contributed by atoms with van der Waals surface area (Å²) in [6, 6.07) is 0. The lowest BCUT2D eigenvalue weighted by molar-refractivity contribution is -0.894. The second kappa shape index (κ2) is 7.48. The third-order valence-corrected chi connectivity index (χ3v) is 4.20. The molecule has 0 unspecified atom stereocenters. The molecule has 0 aliphatic carbocycles. The summed E-state index contributed by atoms with van der Waals surface area (Å²) >= 11 is 0. The van der Waals surface area contributed by atoms with Crippen molar-refractivity contribution in [3.05, 3.63) is 33.0 Å². The fourth-order valence-corrected chi connectivity index (χ4v) is 2.75. The number of likely N-dealkylation sites (N-methyl/N-ethyl adjacent to an activating group) is 1. The van der Waals surface area contributed by atoms with Crippen LogP contribution in [0.15, 0.2) is 21.7 Å². The summed E-state index contributed by atoms with van der Waals surface area (Å²) in [5, 5.41) is 3.30. The van der Waals surface area contributed by atoms with Gasteiger partial charge >= 0.3 is 5.69 Å². The zero-order valence-electron chi connectivity index (χ0n) is 14.9. The molecule has 0 bridgehead atoms. The van der Waals surface area contributed by atoms with Crippen LogP contribution in [0.4, 0.5) is 5.95 Å². The Morgan fingerprint density at radius 3 is 2.58 bits per heavy atom. The number of anilines is 1. The van der Waals surface area contributed by atoms with Gasteiger partial charge in [-0.05, 0) is 20.8 Å². The van der Waals surface area contributed by atoms with E-state index in [1.54, 1.807) is 11.6 Å². The molecule has 0 aliphatic rings. The molecule has 0 fully saturated rings. The second-order valence-corrected chi connectivity index (χ2v) is 6.10. The molecule has 24 heavy (non-hydrogen) atoms. The standard InChI is InChI=1S/C16H26N6O2/c1-6-21(7-2)9-8-17-15-18-13-12(22(15)10-11(3)4)14(23)19-16(24)20(13)5/h3,6-10H2,1-2,4-5H3,(H,17,18)(H,19,23,24)/p+1. The highest BCUT2D eigenvalue weighted by Crippen LogP contribution is 2.16. The number of rotatable bonds is 8. The Morgan fingerprint density at radius 2 is 2.00 bits per heavy atom. The average Bonchev–Trinajstić information content (AvgIpc) is 2.88. The molecule has 8 heteroatoms. The van der Waals surface area contributed by atoms with Crippen LogP contribution in [0, 0.1) is 0 Å². The van der Waals surface area contributed by atoms with E-state index in [1.807, 2.05) is 6.92 Å². The maximum Gasteiger partial charge on any atom is 0.329 e. The first-order chi connectivity index (χ1) is 11.4. The van der Waals surface area contributed by atoms with Crippen molar-refractivity contribution < 1.29 is 4.90 Å². The number of aromatic amines is 1. The summed E-state index contributed by atoms with van der Waals surface area (Å²) in [7, 11) is 1.60. The minimum Gasteiger partial charge on any atom is -0.350 e. The lowest BCUT2D eigenvalue weighted by Crippen LogP contribution is -3.12. The van der Waals surface area contributed by atoms with E-state index >= 15 is 0 Å². The molecule has 2 heterocycles. The minimum absolute atomic E-state index is 0.377. The van der Waals surface area contributed by atoms with Gasteiger partial charge in [-0.1, -0.05) is 12.2 Å². The van der Waals surface area contributed by atoms with Crippen molar-refractivity contribution in [1.82, 2.24) is 19.1 Å². The Hall–Kier alpha value is -2.35. The van der Waals surface area contributed by atoms with E-state index < -0.39 is 11.2 Å². The number of H-pyrrole nitrogens is 1. The number of aryl methyl sites for hydroxylation is 1. The van der Waals surface area contributed by atoms with Crippen LogP contribution in [-0.4, -0.2) is 45.3 Å². The zero-order chi connectivity index (χ0) is 17.9. The largest absolute Gasteiger partial charge is 0.350 e. The number of aromatic nitrogens is 4. The Bertz CT molecular complexity index is 841. The van der Waals surface area contributed by atoms with Crippen molar-refractivity contribution in [2.24, 2.45) is 7.05 Å². The van der Waals surface area contributed by atoms with Crippen LogP contribution < -0.4 is 21.5 Å². The van der Waals surface area contributed by atoms with E-state index in [-0.39, 0.29) is 0 Å². The highest BCUT2D eigenvalue weighted by atomic mass is 16.2. The molecule has 0 spiro atoms. The van der Waals surface area contributed by atoms with Gasteiger partial charge in [-0.25, -0.2) is 4.79 Å². The van der Waals surface area contributed by atoms with Crippen molar-refractivity contribution in [2.45, 2.75) is 27.3 Å². The molecular formula is C16H27N6O2+. The second-order valence-electron chi connectivity index (χ2n) is 6.10. The fraction of sp³-hybridized carbons (Fsp3) is 0.562. The molecule has 0 aliphatic heterocycles. The molecule has 0 saturated heterocycles. The van der Waals surface area contributed by atoms with Crippen molar-refractivity contribution >= 4 is 17.1 Å². The molecule has 8 nitrogen and oxygen atoms in total. The monoisotopic (exact) mass is 335 g/mol. The van der Waals surface area contributed by atoms with Crippen LogP contribution in [0.25, 0.3) is 11.2 Å². The Kier molecular flexibility index (Phi) is 5.61. The fourth-order valence-electron chi connectivity index (χ4n) is 2.75. The lowest BCUT2D eigenvalue weighted by Gasteiger charge is -2.16. The van der Waals surface area contributed by atoms with Crippen molar-refractivity contribution in [3.8, 4) is 0 Å². The van der Waals surface area contributed by atoms with Crippen molar-refractivity contribution in [1.29, 1.82) is 0 Å². The molecule has 3 N–H and O–H groups in total. The van der Waals surface area contributed by atoms with E-state index in [0.29, 0.717) is 23.7 Å². The SMILES string of the molecule is C=C(C)Cn1c(NCC[NH+](CC)CC)nc2c1c(=O)[nH]c(=O)n2C. The van der Waals surface area contributed by atoms with Gasteiger partial charge < -0.3 is 14.8 Å². The van der Waals surface area contributed by atoms with Gasteiger partial charge in [0.05, 0.1) is 26.2 Å². The van der Waals surface area contributed by atoms with Crippen LogP contribution in [0.3, 0.4) is 0 Å². The quantitative estimate of drug-likeness (QED) is 0.559. The maximum atomic E-state index is 12.3. The van der Waals surface area contributed by atoms with E-state index in [1.165, 1.54) is 9.47 Å². The van der Waals surface area contributed by atoms with Crippen molar-refractivity contribution in [3.63, 3.8) is 0 Å². The number of nitrogens with zero attached hydrogens (tertiary/aromatic N) is 3. The van der Waals surface area contributed by atoms with Gasteiger partial charge in [-0.2, -0.15) is 4.98 Å². The van der Waals surface area contributed by atoms with Crippen LogP contribution in [0.1, 0.15) is 20.8 Å². The van der Waals surface area contributed by atoms with Gasteiger partial charge in [0.2, 0.25) is 5.95 Å². The molecule has 2 aromatic rings.